The van der Waals surface area contributed by atoms with Gasteiger partial charge in [-0.2, -0.15) is 10.1 Å². The van der Waals surface area contributed by atoms with Crippen molar-refractivity contribution in [2.24, 2.45) is 5.10 Å². The van der Waals surface area contributed by atoms with Gasteiger partial charge in [-0.15, -0.1) is 11.3 Å². The maximum Gasteiger partial charge on any atom is 0.246 e. The zero-order valence-corrected chi connectivity index (χ0v) is 16.6. The number of rotatable bonds is 4. The molecule has 30 heavy (non-hydrogen) atoms. The van der Waals surface area contributed by atoms with Crippen LogP contribution in [-0.2, 0) is 4.74 Å². The zero-order valence-electron chi connectivity index (χ0n) is 15.7. The zero-order chi connectivity index (χ0) is 20.5. The lowest BCUT2D eigenvalue weighted by molar-refractivity contribution is 0.122. The second-order valence-corrected chi connectivity index (χ2v) is 7.59. The largest absolute Gasteiger partial charge is 0.508 e. The number of hydrazone groups is 1. The number of hydrogen-bond donors (Lipinski definition) is 2. The summed E-state index contributed by atoms with van der Waals surface area (Å²) >= 11 is 1.59. The van der Waals surface area contributed by atoms with Crippen LogP contribution < -0.4 is 15.8 Å². The highest BCUT2D eigenvalue weighted by Gasteiger charge is 2.18. The summed E-state index contributed by atoms with van der Waals surface area (Å²) in [4.78, 5) is 23.9. The van der Waals surface area contributed by atoms with Crippen LogP contribution in [-0.4, -0.2) is 47.6 Å². The second kappa shape index (κ2) is 7.73. The molecular formula is C20H17N5O4S. The Balaban J connectivity index is 1.44. The maximum atomic E-state index is 12.6. The van der Waals surface area contributed by atoms with Crippen LogP contribution in [0.25, 0.3) is 21.2 Å². The van der Waals surface area contributed by atoms with Gasteiger partial charge in [0.2, 0.25) is 11.4 Å². The van der Waals surface area contributed by atoms with Gasteiger partial charge in [-0.3, -0.25) is 4.79 Å². The number of fused-ring (bicyclic) bond motifs is 2. The summed E-state index contributed by atoms with van der Waals surface area (Å²) in [5.74, 6) is 1.17. The first-order valence-corrected chi connectivity index (χ1v) is 10.2. The van der Waals surface area contributed by atoms with Gasteiger partial charge in [-0.25, -0.2) is 10.4 Å². The molecule has 4 heterocycles. The highest BCUT2D eigenvalue weighted by atomic mass is 32.1. The first-order valence-electron chi connectivity index (χ1n) is 9.30. The number of ether oxygens (including phenoxy) is 1. The van der Waals surface area contributed by atoms with Crippen molar-refractivity contribution in [3.05, 3.63) is 51.7 Å². The molecule has 1 aliphatic heterocycles. The van der Waals surface area contributed by atoms with Gasteiger partial charge in [0.05, 0.1) is 40.6 Å². The van der Waals surface area contributed by atoms with Gasteiger partial charge in [0.25, 0.3) is 0 Å². The molecule has 0 amide bonds. The molecular weight excluding hydrogens is 406 g/mol. The van der Waals surface area contributed by atoms with E-state index in [1.807, 2.05) is 11.4 Å². The smallest absolute Gasteiger partial charge is 0.246 e. The molecule has 0 saturated carbocycles. The summed E-state index contributed by atoms with van der Waals surface area (Å²) in [7, 11) is 0. The molecule has 5 rings (SSSR count). The predicted octanol–water partition coefficient (Wildman–Crippen LogP) is 2.79. The van der Waals surface area contributed by atoms with Crippen LogP contribution in [0.3, 0.4) is 0 Å². The lowest BCUT2D eigenvalue weighted by Crippen LogP contribution is -2.36. The number of aromatic nitrogens is 2. The van der Waals surface area contributed by atoms with Crippen LogP contribution in [0.1, 0.15) is 5.56 Å². The first kappa shape index (κ1) is 18.5. The van der Waals surface area contributed by atoms with E-state index in [1.165, 1.54) is 24.6 Å². The summed E-state index contributed by atoms with van der Waals surface area (Å²) in [5.41, 5.74) is 3.98. The van der Waals surface area contributed by atoms with Crippen molar-refractivity contribution in [1.29, 1.82) is 0 Å². The maximum absolute atomic E-state index is 12.6. The van der Waals surface area contributed by atoms with Crippen LogP contribution in [0.4, 0.5) is 11.8 Å². The summed E-state index contributed by atoms with van der Waals surface area (Å²) in [6.07, 6.45) is 2.68. The van der Waals surface area contributed by atoms with E-state index in [0.717, 1.165) is 29.1 Å². The van der Waals surface area contributed by atoms with Gasteiger partial charge in [0.1, 0.15) is 17.6 Å². The van der Waals surface area contributed by atoms with Crippen LogP contribution >= 0.6 is 11.3 Å². The number of phenols is 1. The van der Waals surface area contributed by atoms with Crippen LogP contribution in [0.2, 0.25) is 0 Å². The Morgan fingerprint density at radius 3 is 2.97 bits per heavy atom. The Morgan fingerprint density at radius 1 is 1.23 bits per heavy atom. The molecule has 10 heteroatoms. The molecule has 3 aromatic heterocycles. The van der Waals surface area contributed by atoms with Crippen molar-refractivity contribution >= 4 is 50.5 Å². The number of anilines is 2. The number of nitrogens with zero attached hydrogens (tertiary/aromatic N) is 4. The molecule has 4 aromatic rings. The van der Waals surface area contributed by atoms with E-state index in [1.54, 1.807) is 17.4 Å². The van der Waals surface area contributed by atoms with E-state index in [0.29, 0.717) is 24.7 Å². The van der Waals surface area contributed by atoms with Crippen molar-refractivity contribution < 1.29 is 14.3 Å². The molecule has 152 valence electrons. The fourth-order valence-electron chi connectivity index (χ4n) is 3.27. The van der Waals surface area contributed by atoms with E-state index in [-0.39, 0.29) is 22.1 Å². The third-order valence-corrected chi connectivity index (χ3v) is 5.65. The van der Waals surface area contributed by atoms with Crippen LogP contribution in [0, 0.1) is 0 Å². The quantitative estimate of drug-likeness (QED) is 0.381. The van der Waals surface area contributed by atoms with E-state index in [9.17, 15) is 9.90 Å². The van der Waals surface area contributed by atoms with Gasteiger partial charge >= 0.3 is 0 Å². The van der Waals surface area contributed by atoms with Crippen LogP contribution in [0.5, 0.6) is 5.75 Å². The molecule has 0 aliphatic carbocycles. The summed E-state index contributed by atoms with van der Waals surface area (Å²) in [6.45, 7) is 2.84. The molecule has 0 unspecified atom stereocenters. The number of morpholine rings is 1. The molecule has 2 N–H and O–H groups in total. The Kier molecular flexibility index (Phi) is 4.77. The molecule has 0 bridgehead atoms. The molecule has 9 nitrogen and oxygen atoms in total. The second-order valence-electron chi connectivity index (χ2n) is 6.68. The summed E-state index contributed by atoms with van der Waals surface area (Å²) < 4.78 is 11.9. The lowest BCUT2D eigenvalue weighted by Gasteiger charge is -2.28. The van der Waals surface area contributed by atoms with E-state index in [4.69, 9.17) is 9.15 Å². The molecule has 0 spiro atoms. The van der Waals surface area contributed by atoms with Crippen molar-refractivity contribution in [1.82, 2.24) is 9.97 Å². The van der Waals surface area contributed by atoms with Crippen molar-refractivity contribution in [3.8, 4) is 5.75 Å². The Hall–Kier alpha value is -3.50. The fraction of sp³-hybridized carbons (Fsp3) is 0.200. The third kappa shape index (κ3) is 3.46. The molecule has 0 radical (unpaired) electrons. The minimum atomic E-state index is -0.291. The SMILES string of the molecule is O=c1c(/C=N/Nc2nc(N3CCOCC3)c3sccc3n2)coc2ccc(O)cc12. The normalized spacial score (nSPS) is 14.7. The van der Waals surface area contributed by atoms with Gasteiger partial charge < -0.3 is 19.2 Å². The molecule has 1 saturated heterocycles. The average molecular weight is 423 g/mol. The van der Waals surface area contributed by atoms with Gasteiger partial charge in [-0.05, 0) is 29.6 Å². The number of benzene rings is 1. The first-order chi connectivity index (χ1) is 14.7. The number of hydrogen-bond acceptors (Lipinski definition) is 10. The Labute approximate surface area is 174 Å². The Bertz CT molecular complexity index is 1310. The standard InChI is InChI=1S/C20H17N5O4S/c26-13-1-2-16-14(9-13)17(27)12(11-29-16)10-21-24-20-22-15-3-8-30-18(15)19(23-20)25-4-6-28-7-5-25/h1-3,8-11,26H,4-7H2,(H,22,23,24)/b21-10+. The van der Waals surface area contributed by atoms with E-state index in [2.05, 4.69) is 25.4 Å². The van der Waals surface area contributed by atoms with Crippen molar-refractivity contribution in [3.63, 3.8) is 0 Å². The molecule has 1 aliphatic rings. The van der Waals surface area contributed by atoms with E-state index >= 15 is 0 Å². The lowest BCUT2D eigenvalue weighted by atomic mass is 10.2. The monoisotopic (exact) mass is 423 g/mol. The number of nitrogens with one attached hydrogen (secondary N) is 1. The molecule has 1 fully saturated rings. The summed E-state index contributed by atoms with van der Waals surface area (Å²) in [5, 5.41) is 16.0. The van der Waals surface area contributed by atoms with Crippen molar-refractivity contribution in [2.45, 2.75) is 0 Å². The minimum absolute atomic E-state index is 0.00452. The van der Waals surface area contributed by atoms with E-state index < -0.39 is 0 Å². The predicted molar refractivity (Wildman–Crippen MR) is 116 cm³/mol. The topological polar surface area (TPSA) is 113 Å². The molecule has 1 aromatic carbocycles. The van der Waals surface area contributed by atoms with Crippen LogP contribution in [0.15, 0.2) is 50.2 Å². The molecule has 0 atom stereocenters. The van der Waals surface area contributed by atoms with Gasteiger partial charge in [-0.1, -0.05) is 0 Å². The number of aromatic hydroxyl groups is 1. The minimum Gasteiger partial charge on any atom is -0.508 e. The van der Waals surface area contributed by atoms with Gasteiger partial charge in [0.15, 0.2) is 5.82 Å². The van der Waals surface area contributed by atoms with Gasteiger partial charge in [0, 0.05) is 13.1 Å². The van der Waals surface area contributed by atoms with Crippen molar-refractivity contribution in [2.75, 3.05) is 36.6 Å². The highest BCUT2D eigenvalue weighted by molar-refractivity contribution is 7.17. The number of thiophene rings is 1. The number of phenolic OH excluding ortho intramolecular Hbond substituents is 1. The average Bonchev–Trinajstić information content (AvgIpc) is 3.24. The highest BCUT2D eigenvalue weighted by Crippen LogP contribution is 2.30. The third-order valence-electron chi connectivity index (χ3n) is 4.75. The Morgan fingerprint density at radius 2 is 2.10 bits per heavy atom. The fourth-order valence-corrected chi connectivity index (χ4v) is 4.12. The summed E-state index contributed by atoms with van der Waals surface area (Å²) in [6, 6.07) is 6.31.